The van der Waals surface area contributed by atoms with E-state index in [-0.39, 0.29) is 17.5 Å². The van der Waals surface area contributed by atoms with Gasteiger partial charge in [-0.3, -0.25) is 4.21 Å². The van der Waals surface area contributed by atoms with Gasteiger partial charge in [0.1, 0.15) is 5.75 Å². The third-order valence-electron chi connectivity index (χ3n) is 2.98. The molecule has 1 aromatic heterocycles. The summed E-state index contributed by atoms with van der Waals surface area (Å²) >= 11 is 17.9. The molecule has 0 saturated carbocycles. The summed E-state index contributed by atoms with van der Waals surface area (Å²) in [7, 11) is -1.37. The molecule has 1 atom stereocenters. The number of benzene rings is 2. The predicted molar refractivity (Wildman–Crippen MR) is 91.3 cm³/mol. The van der Waals surface area contributed by atoms with Gasteiger partial charge in [0, 0.05) is 4.90 Å². The first-order valence-electron chi connectivity index (χ1n) is 6.45. The Morgan fingerprint density at radius 3 is 2.48 bits per heavy atom. The summed E-state index contributed by atoms with van der Waals surface area (Å²) in [4.78, 5) is 0.539. The molecule has 0 unspecified atom stereocenters. The lowest BCUT2D eigenvalue weighted by atomic mass is 10.2. The van der Waals surface area contributed by atoms with E-state index in [0.717, 1.165) is 0 Å². The summed E-state index contributed by atoms with van der Waals surface area (Å²) in [5.41, 5.74) is 0.633. The summed E-state index contributed by atoms with van der Waals surface area (Å²) in [6, 6.07) is 11.9. The summed E-state index contributed by atoms with van der Waals surface area (Å²) in [6.07, 6.45) is 0. The Morgan fingerprint density at radius 1 is 0.957 bits per heavy atom. The summed E-state index contributed by atoms with van der Waals surface area (Å²) in [5.74, 6) is 0.621. The first-order chi connectivity index (χ1) is 11.0. The highest BCUT2D eigenvalue weighted by molar-refractivity contribution is 7.84. The van der Waals surface area contributed by atoms with Crippen LogP contribution in [0.2, 0.25) is 15.1 Å². The molecule has 3 aromatic rings. The first-order valence-corrected chi connectivity index (χ1v) is 8.90. The van der Waals surface area contributed by atoms with Gasteiger partial charge in [0.25, 0.3) is 0 Å². The van der Waals surface area contributed by atoms with Crippen molar-refractivity contribution in [1.82, 2.24) is 10.2 Å². The number of nitrogens with zero attached hydrogens (tertiary/aromatic N) is 2. The lowest BCUT2D eigenvalue weighted by Gasteiger charge is -2.01. The molecular formula is C15H9Cl3N2O2S. The van der Waals surface area contributed by atoms with E-state index in [1.807, 2.05) is 12.1 Å². The van der Waals surface area contributed by atoms with E-state index in [2.05, 4.69) is 10.2 Å². The van der Waals surface area contributed by atoms with Crippen molar-refractivity contribution < 1.29 is 8.63 Å². The fraction of sp³-hybridized carbons (Fsp3) is 0.0667. The van der Waals surface area contributed by atoms with Crippen molar-refractivity contribution in [1.29, 1.82) is 0 Å². The molecule has 8 heteroatoms. The van der Waals surface area contributed by atoms with E-state index in [0.29, 0.717) is 25.5 Å². The van der Waals surface area contributed by atoms with Gasteiger partial charge in [-0.2, -0.15) is 0 Å². The van der Waals surface area contributed by atoms with E-state index in [1.54, 1.807) is 30.3 Å². The van der Waals surface area contributed by atoms with E-state index >= 15 is 0 Å². The highest BCUT2D eigenvalue weighted by Crippen LogP contribution is 2.28. The molecule has 1 heterocycles. The minimum absolute atomic E-state index is 0.0788. The van der Waals surface area contributed by atoms with Gasteiger partial charge in [0.2, 0.25) is 11.8 Å². The molecule has 0 aliphatic carbocycles. The Labute approximate surface area is 149 Å². The van der Waals surface area contributed by atoms with Crippen LogP contribution in [0.15, 0.2) is 51.8 Å². The topological polar surface area (TPSA) is 56.0 Å². The van der Waals surface area contributed by atoms with E-state index in [9.17, 15) is 4.21 Å². The fourth-order valence-electron chi connectivity index (χ4n) is 1.87. The maximum atomic E-state index is 12.3. The molecule has 0 radical (unpaired) electrons. The lowest BCUT2D eigenvalue weighted by molar-refractivity contribution is 0.525. The molecule has 0 saturated heterocycles. The minimum atomic E-state index is -1.37. The average molecular weight is 388 g/mol. The quantitative estimate of drug-likeness (QED) is 0.632. The van der Waals surface area contributed by atoms with Gasteiger partial charge >= 0.3 is 0 Å². The van der Waals surface area contributed by atoms with Crippen molar-refractivity contribution in [2.24, 2.45) is 0 Å². The van der Waals surface area contributed by atoms with Crippen LogP contribution in [0.4, 0.5) is 0 Å². The Morgan fingerprint density at radius 2 is 1.74 bits per heavy atom. The van der Waals surface area contributed by atoms with Crippen LogP contribution in [0.3, 0.4) is 0 Å². The molecule has 118 valence electrons. The van der Waals surface area contributed by atoms with Gasteiger partial charge in [-0.25, -0.2) is 0 Å². The minimum Gasteiger partial charge on any atom is -0.420 e. The third-order valence-corrected chi connectivity index (χ3v) is 5.34. The molecular weight excluding hydrogens is 379 g/mol. The van der Waals surface area contributed by atoms with Gasteiger partial charge < -0.3 is 4.42 Å². The second kappa shape index (κ2) is 7.01. The van der Waals surface area contributed by atoms with Crippen LogP contribution in [0.5, 0.6) is 0 Å². The Balaban J connectivity index is 1.80. The number of aromatic nitrogens is 2. The predicted octanol–water partition coefficient (Wildman–Crippen LogP) is 5.00. The van der Waals surface area contributed by atoms with Crippen LogP contribution in [0.25, 0.3) is 11.5 Å². The number of rotatable bonds is 4. The van der Waals surface area contributed by atoms with Crippen LogP contribution < -0.4 is 0 Å². The van der Waals surface area contributed by atoms with Gasteiger partial charge in [-0.05, 0) is 30.3 Å². The fourth-order valence-corrected chi connectivity index (χ4v) is 3.43. The van der Waals surface area contributed by atoms with Crippen LogP contribution in [-0.2, 0) is 16.6 Å². The van der Waals surface area contributed by atoms with Gasteiger partial charge in [0.05, 0.1) is 31.4 Å². The molecule has 0 amide bonds. The van der Waals surface area contributed by atoms with Gasteiger partial charge in [0.15, 0.2) is 0 Å². The SMILES string of the molecule is O=[S@@](Cc1nnc(-c2ccccc2Cl)o1)c1ccc(Cl)c(Cl)c1. The molecule has 0 fully saturated rings. The summed E-state index contributed by atoms with van der Waals surface area (Å²) in [5, 5.41) is 9.12. The van der Waals surface area contributed by atoms with Crippen molar-refractivity contribution in [3.63, 3.8) is 0 Å². The molecule has 0 aliphatic heterocycles. The van der Waals surface area contributed by atoms with Crippen molar-refractivity contribution >= 4 is 45.6 Å². The van der Waals surface area contributed by atoms with Crippen LogP contribution in [0.1, 0.15) is 5.89 Å². The molecule has 0 aliphatic rings. The summed E-state index contributed by atoms with van der Waals surface area (Å²) < 4.78 is 17.9. The van der Waals surface area contributed by atoms with E-state index < -0.39 is 10.8 Å². The van der Waals surface area contributed by atoms with Crippen molar-refractivity contribution in [3.8, 4) is 11.5 Å². The van der Waals surface area contributed by atoms with Crippen LogP contribution in [0, 0.1) is 0 Å². The van der Waals surface area contributed by atoms with Crippen LogP contribution >= 0.6 is 34.8 Å². The highest BCUT2D eigenvalue weighted by atomic mass is 35.5. The molecule has 0 bridgehead atoms. The first kappa shape index (κ1) is 16.5. The second-order valence-electron chi connectivity index (χ2n) is 4.55. The number of halogens is 3. The molecule has 0 spiro atoms. The molecule has 2 aromatic carbocycles. The van der Waals surface area contributed by atoms with Gasteiger partial charge in [-0.1, -0.05) is 46.9 Å². The maximum absolute atomic E-state index is 12.3. The number of hydrogen-bond donors (Lipinski definition) is 0. The zero-order chi connectivity index (χ0) is 16.4. The van der Waals surface area contributed by atoms with Crippen molar-refractivity contribution in [3.05, 3.63) is 63.4 Å². The highest BCUT2D eigenvalue weighted by Gasteiger charge is 2.15. The molecule has 3 rings (SSSR count). The van der Waals surface area contributed by atoms with Crippen LogP contribution in [-0.4, -0.2) is 14.4 Å². The Hall–Kier alpha value is -1.40. The van der Waals surface area contributed by atoms with E-state index in [4.69, 9.17) is 39.2 Å². The largest absolute Gasteiger partial charge is 0.420 e. The Kier molecular flexibility index (Phi) is 5.02. The van der Waals surface area contributed by atoms with Gasteiger partial charge in [-0.15, -0.1) is 10.2 Å². The third kappa shape index (κ3) is 3.75. The molecule has 23 heavy (non-hydrogen) atoms. The molecule has 0 N–H and O–H groups in total. The van der Waals surface area contributed by atoms with Crippen molar-refractivity contribution in [2.45, 2.75) is 10.6 Å². The monoisotopic (exact) mass is 386 g/mol. The lowest BCUT2D eigenvalue weighted by Crippen LogP contribution is -1.97. The maximum Gasteiger partial charge on any atom is 0.249 e. The summed E-state index contributed by atoms with van der Waals surface area (Å²) in [6.45, 7) is 0. The Bertz CT molecular complexity index is 883. The van der Waals surface area contributed by atoms with Crippen molar-refractivity contribution in [2.75, 3.05) is 0 Å². The second-order valence-corrected chi connectivity index (χ2v) is 7.22. The zero-order valence-corrected chi connectivity index (χ0v) is 14.6. The molecule has 4 nitrogen and oxygen atoms in total. The zero-order valence-electron chi connectivity index (χ0n) is 11.5. The standard InChI is InChI=1S/C15H9Cl3N2O2S/c16-11-4-2-1-3-10(11)15-20-19-14(22-15)8-23(21)9-5-6-12(17)13(18)7-9/h1-7H,8H2/t23-/m0/s1. The van der Waals surface area contributed by atoms with E-state index in [1.165, 1.54) is 0 Å². The smallest absolute Gasteiger partial charge is 0.249 e. The number of hydrogen-bond acceptors (Lipinski definition) is 4. The average Bonchev–Trinajstić information content (AvgIpc) is 2.98. The normalized spacial score (nSPS) is 12.3.